The third-order valence-corrected chi connectivity index (χ3v) is 4.98. The lowest BCUT2D eigenvalue weighted by molar-refractivity contribution is -0.137. The first kappa shape index (κ1) is 22.3. The van der Waals surface area contributed by atoms with Crippen LogP contribution in [0.5, 0.6) is 5.75 Å². The molecule has 3 rings (SSSR count). The Kier molecular flexibility index (Phi) is 8.40. The van der Waals surface area contributed by atoms with E-state index in [0.29, 0.717) is 13.0 Å². The highest BCUT2D eigenvalue weighted by Gasteiger charge is 2.16. The number of ether oxygens (including phenoxy) is 1. The van der Waals surface area contributed by atoms with Crippen LogP contribution in [-0.2, 0) is 11.2 Å². The second-order valence-corrected chi connectivity index (χ2v) is 7.39. The molecule has 0 aliphatic carbocycles. The number of unbranched alkanes of at least 4 members (excludes halogenated alkanes) is 1. The van der Waals surface area contributed by atoms with Gasteiger partial charge < -0.3 is 15.2 Å². The van der Waals surface area contributed by atoms with E-state index in [-0.39, 0.29) is 18.2 Å². The molecule has 6 heteroatoms. The van der Waals surface area contributed by atoms with E-state index in [1.165, 1.54) is 12.1 Å². The molecule has 3 aromatic rings. The zero-order chi connectivity index (χ0) is 21.9. The van der Waals surface area contributed by atoms with Gasteiger partial charge in [-0.05, 0) is 72.7 Å². The van der Waals surface area contributed by atoms with Gasteiger partial charge in [0.15, 0.2) is 0 Å². The summed E-state index contributed by atoms with van der Waals surface area (Å²) >= 11 is 0. The van der Waals surface area contributed by atoms with Gasteiger partial charge in [0.1, 0.15) is 17.4 Å². The van der Waals surface area contributed by atoms with Crippen LogP contribution in [0.3, 0.4) is 0 Å². The van der Waals surface area contributed by atoms with Gasteiger partial charge in [0.2, 0.25) is 0 Å². The minimum absolute atomic E-state index is 0.00355. The second-order valence-electron chi connectivity index (χ2n) is 7.39. The fourth-order valence-electron chi connectivity index (χ4n) is 3.36. The number of carboxylic acid groups (broad SMARTS) is 1. The zero-order valence-corrected chi connectivity index (χ0v) is 17.3. The smallest absolute Gasteiger partial charge is 0.303 e. The van der Waals surface area contributed by atoms with Crippen molar-refractivity contribution in [1.29, 1.82) is 0 Å². The van der Waals surface area contributed by atoms with E-state index in [1.54, 1.807) is 18.3 Å². The Balaban J connectivity index is 1.44. The van der Waals surface area contributed by atoms with Crippen LogP contribution in [0.25, 0.3) is 0 Å². The standard InChI is InChI=1S/C25H27FN2O3/c26-22-10-8-20(9-11-22)21(18-25(29)30)17-19-6-12-23(13-7-19)31-16-4-3-15-28-24-5-1-2-14-27-24/h1-2,5-14,21H,3-4,15-18H2,(H,27,28)(H,29,30). The molecule has 0 aliphatic rings. The van der Waals surface area contributed by atoms with Gasteiger partial charge in [-0.3, -0.25) is 4.79 Å². The molecule has 162 valence electrons. The molecule has 0 aliphatic heterocycles. The number of nitrogens with one attached hydrogen (secondary N) is 1. The number of carboxylic acids is 1. The lowest BCUT2D eigenvalue weighted by atomic mass is 9.89. The SMILES string of the molecule is O=C(O)CC(Cc1ccc(OCCCCNc2ccccn2)cc1)c1ccc(F)cc1. The molecule has 0 saturated heterocycles. The summed E-state index contributed by atoms with van der Waals surface area (Å²) in [6, 6.07) is 19.5. The number of pyridine rings is 1. The van der Waals surface area contributed by atoms with Crippen LogP contribution >= 0.6 is 0 Å². The summed E-state index contributed by atoms with van der Waals surface area (Å²) in [5.41, 5.74) is 1.84. The number of nitrogens with zero attached hydrogens (tertiary/aromatic N) is 1. The van der Waals surface area contributed by atoms with Crippen molar-refractivity contribution in [2.75, 3.05) is 18.5 Å². The van der Waals surface area contributed by atoms with Crippen molar-refractivity contribution >= 4 is 11.8 Å². The Morgan fingerprint density at radius 2 is 1.81 bits per heavy atom. The van der Waals surface area contributed by atoms with Crippen LogP contribution in [0.2, 0.25) is 0 Å². The summed E-state index contributed by atoms with van der Waals surface area (Å²) in [5.74, 6) is 0.258. The predicted octanol–water partition coefficient (Wildman–Crippen LogP) is 5.29. The molecule has 31 heavy (non-hydrogen) atoms. The fraction of sp³-hybridized carbons (Fsp3) is 0.280. The Morgan fingerprint density at radius 1 is 1.03 bits per heavy atom. The number of aromatic nitrogens is 1. The molecule has 1 aromatic heterocycles. The lowest BCUT2D eigenvalue weighted by Crippen LogP contribution is -2.09. The predicted molar refractivity (Wildman–Crippen MR) is 119 cm³/mol. The first-order valence-electron chi connectivity index (χ1n) is 10.4. The summed E-state index contributed by atoms with van der Waals surface area (Å²) in [5, 5.41) is 12.5. The molecule has 0 radical (unpaired) electrons. The summed E-state index contributed by atoms with van der Waals surface area (Å²) < 4.78 is 19.0. The molecule has 1 unspecified atom stereocenters. The van der Waals surface area contributed by atoms with Crippen LogP contribution in [0.1, 0.15) is 36.3 Å². The highest BCUT2D eigenvalue weighted by Crippen LogP contribution is 2.26. The van der Waals surface area contributed by atoms with Crippen LogP contribution < -0.4 is 10.1 Å². The molecule has 0 amide bonds. The number of anilines is 1. The van der Waals surface area contributed by atoms with Gasteiger partial charge in [0, 0.05) is 12.7 Å². The van der Waals surface area contributed by atoms with E-state index in [1.807, 2.05) is 42.5 Å². The Labute approximate surface area is 181 Å². The van der Waals surface area contributed by atoms with Gasteiger partial charge in [0.05, 0.1) is 13.0 Å². The molecular weight excluding hydrogens is 395 g/mol. The van der Waals surface area contributed by atoms with Crippen LogP contribution in [0.4, 0.5) is 10.2 Å². The molecule has 0 bridgehead atoms. The Bertz CT molecular complexity index is 931. The quantitative estimate of drug-likeness (QED) is 0.388. The van der Waals surface area contributed by atoms with Crippen molar-refractivity contribution in [3.63, 3.8) is 0 Å². The van der Waals surface area contributed by atoms with Crippen molar-refractivity contribution in [3.8, 4) is 5.75 Å². The molecule has 0 fully saturated rings. The molecule has 1 atom stereocenters. The average Bonchev–Trinajstić information content (AvgIpc) is 2.78. The van der Waals surface area contributed by atoms with E-state index >= 15 is 0 Å². The van der Waals surface area contributed by atoms with Crippen molar-refractivity contribution in [2.24, 2.45) is 0 Å². The molecule has 1 heterocycles. The van der Waals surface area contributed by atoms with E-state index in [4.69, 9.17) is 4.74 Å². The van der Waals surface area contributed by atoms with Gasteiger partial charge in [-0.2, -0.15) is 0 Å². The lowest BCUT2D eigenvalue weighted by Gasteiger charge is -2.16. The molecule has 2 aromatic carbocycles. The summed E-state index contributed by atoms with van der Waals surface area (Å²) in [4.78, 5) is 15.5. The van der Waals surface area contributed by atoms with E-state index in [0.717, 1.165) is 42.1 Å². The van der Waals surface area contributed by atoms with Gasteiger partial charge in [-0.15, -0.1) is 0 Å². The van der Waals surface area contributed by atoms with Crippen molar-refractivity contribution in [2.45, 2.75) is 31.6 Å². The highest BCUT2D eigenvalue weighted by molar-refractivity contribution is 5.68. The van der Waals surface area contributed by atoms with Gasteiger partial charge in [-0.1, -0.05) is 30.3 Å². The maximum absolute atomic E-state index is 13.2. The van der Waals surface area contributed by atoms with E-state index < -0.39 is 5.97 Å². The van der Waals surface area contributed by atoms with E-state index in [9.17, 15) is 14.3 Å². The maximum atomic E-state index is 13.2. The van der Waals surface area contributed by atoms with Gasteiger partial charge in [0.25, 0.3) is 0 Å². The number of halogens is 1. The minimum atomic E-state index is -0.869. The first-order chi connectivity index (χ1) is 15.1. The molecule has 0 saturated carbocycles. The van der Waals surface area contributed by atoms with Crippen molar-refractivity contribution < 1.29 is 19.0 Å². The largest absolute Gasteiger partial charge is 0.494 e. The molecule has 0 spiro atoms. The molecule has 2 N–H and O–H groups in total. The number of rotatable bonds is 12. The second kappa shape index (κ2) is 11.7. The number of aliphatic carboxylic acids is 1. The van der Waals surface area contributed by atoms with Crippen LogP contribution in [-0.4, -0.2) is 29.2 Å². The Morgan fingerprint density at radius 3 is 2.48 bits per heavy atom. The number of carbonyl (C=O) groups is 1. The molecular formula is C25H27FN2O3. The zero-order valence-electron chi connectivity index (χ0n) is 17.3. The number of hydrogen-bond donors (Lipinski definition) is 2. The molecule has 5 nitrogen and oxygen atoms in total. The van der Waals surface area contributed by atoms with Gasteiger partial charge >= 0.3 is 5.97 Å². The van der Waals surface area contributed by atoms with Gasteiger partial charge in [-0.25, -0.2) is 9.37 Å². The van der Waals surface area contributed by atoms with Crippen molar-refractivity contribution in [1.82, 2.24) is 4.98 Å². The average molecular weight is 422 g/mol. The highest BCUT2D eigenvalue weighted by atomic mass is 19.1. The monoisotopic (exact) mass is 422 g/mol. The third-order valence-electron chi connectivity index (χ3n) is 4.98. The third kappa shape index (κ3) is 7.74. The van der Waals surface area contributed by atoms with Crippen LogP contribution in [0.15, 0.2) is 72.9 Å². The maximum Gasteiger partial charge on any atom is 0.303 e. The summed E-state index contributed by atoms with van der Waals surface area (Å²) in [6.07, 6.45) is 4.22. The summed E-state index contributed by atoms with van der Waals surface area (Å²) in [6.45, 7) is 1.47. The Hall–Kier alpha value is -3.41. The normalized spacial score (nSPS) is 11.6. The van der Waals surface area contributed by atoms with Crippen LogP contribution in [0, 0.1) is 5.82 Å². The summed E-state index contributed by atoms with van der Waals surface area (Å²) in [7, 11) is 0. The minimum Gasteiger partial charge on any atom is -0.494 e. The number of benzene rings is 2. The first-order valence-corrected chi connectivity index (χ1v) is 10.4. The number of hydrogen-bond acceptors (Lipinski definition) is 4. The fourth-order valence-corrected chi connectivity index (χ4v) is 3.36. The van der Waals surface area contributed by atoms with Crippen molar-refractivity contribution in [3.05, 3.63) is 89.9 Å². The van der Waals surface area contributed by atoms with E-state index in [2.05, 4.69) is 10.3 Å². The topological polar surface area (TPSA) is 71.5 Å².